The molecule has 212 valence electrons. The van der Waals surface area contributed by atoms with Crippen molar-refractivity contribution < 1.29 is 24.5 Å². The van der Waals surface area contributed by atoms with Crippen molar-refractivity contribution in [2.24, 2.45) is 46.3 Å². The molecule has 4 aliphatic rings. The highest BCUT2D eigenvalue weighted by Gasteiger charge is 2.64. The van der Waals surface area contributed by atoms with Gasteiger partial charge < -0.3 is 14.9 Å². The fourth-order valence-corrected chi connectivity index (χ4v) is 9.78. The maximum atomic E-state index is 12.4. The molecule has 0 radical (unpaired) electrons. The van der Waals surface area contributed by atoms with Crippen LogP contribution in [0.5, 0.6) is 0 Å². The summed E-state index contributed by atoms with van der Waals surface area (Å²) in [5.41, 5.74) is -0.171. The minimum Gasteiger partial charge on any atom is -0.481 e. The van der Waals surface area contributed by atoms with E-state index in [0.29, 0.717) is 48.1 Å². The molecule has 1 aromatic rings. The van der Waals surface area contributed by atoms with Crippen LogP contribution in [0.15, 0.2) is 24.4 Å². The molecule has 4 saturated carbocycles. The minimum atomic E-state index is -1.06. The lowest BCUT2D eigenvalue weighted by Gasteiger charge is -2.63. The number of hydrogen-bond acceptors (Lipinski definition) is 5. The monoisotopic (exact) mass is 535 g/mol. The van der Waals surface area contributed by atoms with Crippen LogP contribution in [0.1, 0.15) is 97.6 Å². The third kappa shape index (κ3) is 5.24. The second-order valence-electron chi connectivity index (χ2n) is 13.7. The summed E-state index contributed by atoms with van der Waals surface area (Å²) in [6.07, 6.45) is 9.95. The molecule has 6 nitrogen and oxygen atoms in total. The van der Waals surface area contributed by atoms with Crippen LogP contribution in [-0.4, -0.2) is 38.8 Å². The molecule has 0 unspecified atom stereocenters. The van der Waals surface area contributed by atoms with Crippen molar-refractivity contribution in [3.05, 3.63) is 30.1 Å². The number of pyridine rings is 1. The number of hydrogen-bond donors (Lipinski definition) is 2. The fourth-order valence-electron chi connectivity index (χ4n) is 9.78. The number of fused-ring (bicyclic) bond motifs is 5. The summed E-state index contributed by atoms with van der Waals surface area (Å²) in [5.74, 6) is 7.67. The van der Waals surface area contributed by atoms with E-state index in [9.17, 15) is 19.8 Å². The van der Waals surface area contributed by atoms with Gasteiger partial charge in [-0.15, -0.1) is 0 Å². The van der Waals surface area contributed by atoms with E-state index in [4.69, 9.17) is 4.74 Å². The Balaban J connectivity index is 1.40. The van der Waals surface area contributed by atoms with Crippen LogP contribution in [0.4, 0.5) is 0 Å². The topological polar surface area (TPSA) is 96.7 Å². The zero-order chi connectivity index (χ0) is 28.0. The number of carbonyl (C=O) groups is 2. The van der Waals surface area contributed by atoms with Crippen molar-refractivity contribution in [2.45, 2.75) is 104 Å². The van der Waals surface area contributed by atoms with Crippen molar-refractivity contribution in [3.63, 3.8) is 0 Å². The normalized spacial score (nSPS) is 41.7. The quantitative estimate of drug-likeness (QED) is 0.362. The Morgan fingerprint density at radius 1 is 1.13 bits per heavy atom. The van der Waals surface area contributed by atoms with Gasteiger partial charge in [-0.3, -0.25) is 9.59 Å². The SMILES string of the molecule is CC(=O)O[C@@H]1C[C@@H]2C[C@@](O)(C#Cc3ccccn3)CC[C@]2(C)[C@H]2CC[C@]3(C)[C@@H]([C@H](C)CCC(=O)O)CC[C@H]3[C@H]12. The van der Waals surface area contributed by atoms with E-state index in [0.717, 1.165) is 44.9 Å². The molecule has 10 atom stereocenters. The van der Waals surface area contributed by atoms with E-state index in [-0.39, 0.29) is 35.2 Å². The first-order valence-electron chi connectivity index (χ1n) is 15.0. The van der Waals surface area contributed by atoms with Crippen LogP contribution in [0.3, 0.4) is 0 Å². The van der Waals surface area contributed by atoms with Gasteiger partial charge in [0.15, 0.2) is 0 Å². The summed E-state index contributed by atoms with van der Waals surface area (Å²) in [5, 5.41) is 20.8. The predicted octanol–water partition coefficient (Wildman–Crippen LogP) is 5.87. The summed E-state index contributed by atoms with van der Waals surface area (Å²) < 4.78 is 6.14. The number of carboxylic acids is 1. The average molecular weight is 536 g/mol. The molecule has 0 spiro atoms. The molecule has 1 heterocycles. The molecule has 0 amide bonds. The number of carbonyl (C=O) groups excluding carboxylic acids is 1. The Labute approximate surface area is 233 Å². The summed E-state index contributed by atoms with van der Waals surface area (Å²) in [7, 11) is 0. The van der Waals surface area contributed by atoms with Crippen LogP contribution in [0.2, 0.25) is 0 Å². The van der Waals surface area contributed by atoms with Gasteiger partial charge >= 0.3 is 11.9 Å². The zero-order valence-corrected chi connectivity index (χ0v) is 24.0. The minimum absolute atomic E-state index is 0.0779. The lowest BCUT2D eigenvalue weighted by Crippen LogP contribution is -2.60. The Morgan fingerprint density at radius 2 is 1.90 bits per heavy atom. The number of rotatable bonds is 5. The summed E-state index contributed by atoms with van der Waals surface area (Å²) in [6, 6.07) is 5.63. The molecule has 1 aromatic heterocycles. The highest BCUT2D eigenvalue weighted by Crippen LogP contribution is 2.69. The molecule has 4 aliphatic carbocycles. The molecule has 0 aromatic carbocycles. The first-order valence-corrected chi connectivity index (χ1v) is 15.0. The van der Waals surface area contributed by atoms with E-state index in [1.165, 1.54) is 6.92 Å². The molecule has 6 heteroatoms. The van der Waals surface area contributed by atoms with Crippen LogP contribution in [-0.2, 0) is 14.3 Å². The lowest BCUT2D eigenvalue weighted by atomic mass is 9.43. The number of esters is 1. The number of aliphatic hydroxyl groups is 1. The number of nitrogens with zero attached hydrogens (tertiary/aromatic N) is 1. The highest BCUT2D eigenvalue weighted by molar-refractivity contribution is 5.66. The average Bonchev–Trinajstić information content (AvgIpc) is 3.25. The van der Waals surface area contributed by atoms with Crippen molar-refractivity contribution in [1.29, 1.82) is 0 Å². The smallest absolute Gasteiger partial charge is 0.303 e. The van der Waals surface area contributed by atoms with Gasteiger partial charge in [-0.25, -0.2) is 4.98 Å². The molecule has 5 rings (SSSR count). The summed E-state index contributed by atoms with van der Waals surface area (Å²) >= 11 is 0. The third-order valence-electron chi connectivity index (χ3n) is 11.7. The van der Waals surface area contributed by atoms with Gasteiger partial charge in [0.05, 0.1) is 0 Å². The van der Waals surface area contributed by atoms with E-state index in [2.05, 4.69) is 37.6 Å². The van der Waals surface area contributed by atoms with Crippen molar-refractivity contribution >= 4 is 11.9 Å². The third-order valence-corrected chi connectivity index (χ3v) is 11.7. The van der Waals surface area contributed by atoms with E-state index in [1.807, 2.05) is 18.2 Å². The van der Waals surface area contributed by atoms with E-state index in [1.54, 1.807) is 6.20 Å². The van der Waals surface area contributed by atoms with Crippen LogP contribution in [0.25, 0.3) is 0 Å². The van der Waals surface area contributed by atoms with E-state index >= 15 is 0 Å². The van der Waals surface area contributed by atoms with Gasteiger partial charge in [0.25, 0.3) is 0 Å². The number of aromatic nitrogens is 1. The van der Waals surface area contributed by atoms with Gasteiger partial charge in [-0.05, 0) is 116 Å². The molecule has 2 N–H and O–H groups in total. The number of aliphatic carboxylic acids is 1. The summed E-state index contributed by atoms with van der Waals surface area (Å²) in [4.78, 5) is 27.9. The lowest BCUT2D eigenvalue weighted by molar-refractivity contribution is -0.198. The van der Waals surface area contributed by atoms with Crippen molar-refractivity contribution in [3.8, 4) is 11.8 Å². The van der Waals surface area contributed by atoms with Crippen molar-refractivity contribution in [2.75, 3.05) is 0 Å². The van der Waals surface area contributed by atoms with Gasteiger partial charge in [-0.1, -0.05) is 32.8 Å². The Hall–Kier alpha value is -2.39. The van der Waals surface area contributed by atoms with Crippen LogP contribution >= 0.6 is 0 Å². The fraction of sp³-hybridized carbons (Fsp3) is 0.727. The Bertz CT molecular complexity index is 1140. The van der Waals surface area contributed by atoms with E-state index < -0.39 is 11.6 Å². The standard InChI is InChI=1S/C33H45NO5/c1-21(8-11-29(36)37)25-9-10-26-30-27(13-14-32(25,26)4)31(3)16-17-33(38,15-12-24-7-5-6-18-34-24)20-23(31)19-28(30)39-22(2)35/h5-7,18,21,23,25-28,30,38H,8-11,13-14,16-17,19-20H2,1-4H3,(H,36,37)/t21-,23-,25-,26+,27+,28-,30+,31+,32-,33-/m1/s1. The van der Waals surface area contributed by atoms with Gasteiger partial charge in [0.1, 0.15) is 17.4 Å². The molecule has 0 saturated heterocycles. The Kier molecular flexibility index (Phi) is 7.61. The molecule has 0 aliphatic heterocycles. The first kappa shape index (κ1) is 28.1. The van der Waals surface area contributed by atoms with Crippen LogP contribution in [0, 0.1) is 58.2 Å². The summed E-state index contributed by atoms with van der Waals surface area (Å²) in [6.45, 7) is 8.62. The number of ether oxygens (including phenoxy) is 1. The van der Waals surface area contributed by atoms with Crippen molar-refractivity contribution in [1.82, 2.24) is 4.98 Å². The Morgan fingerprint density at radius 3 is 2.59 bits per heavy atom. The first-order chi connectivity index (χ1) is 18.4. The second-order valence-corrected chi connectivity index (χ2v) is 13.7. The maximum Gasteiger partial charge on any atom is 0.303 e. The largest absolute Gasteiger partial charge is 0.481 e. The van der Waals surface area contributed by atoms with Gasteiger partial charge in [-0.2, -0.15) is 0 Å². The maximum absolute atomic E-state index is 12.4. The number of carboxylic acid groups (broad SMARTS) is 1. The molecule has 39 heavy (non-hydrogen) atoms. The molecular formula is C33H45NO5. The molecule has 4 fully saturated rings. The molecular weight excluding hydrogens is 490 g/mol. The molecule has 0 bridgehead atoms. The predicted molar refractivity (Wildman–Crippen MR) is 148 cm³/mol. The highest BCUT2D eigenvalue weighted by atomic mass is 16.5. The van der Waals surface area contributed by atoms with Crippen LogP contribution < -0.4 is 0 Å². The zero-order valence-electron chi connectivity index (χ0n) is 24.0. The van der Waals surface area contributed by atoms with Gasteiger partial charge in [0, 0.05) is 25.5 Å². The van der Waals surface area contributed by atoms with Gasteiger partial charge in [0.2, 0.25) is 0 Å². The second kappa shape index (κ2) is 10.5.